The van der Waals surface area contributed by atoms with E-state index in [1.54, 1.807) is 48.5 Å². The zero-order chi connectivity index (χ0) is 44.8. The Morgan fingerprint density at radius 1 is 0.354 bits per heavy atom. The molecule has 0 spiro atoms. The van der Waals surface area contributed by atoms with Crippen molar-refractivity contribution >= 4 is 51.6 Å². The fourth-order valence-corrected chi connectivity index (χ4v) is 13.4. The number of benzene rings is 9. The van der Waals surface area contributed by atoms with E-state index in [0.29, 0.717) is 50.3 Å². The zero-order valence-electron chi connectivity index (χ0n) is 36.0. The van der Waals surface area contributed by atoms with Gasteiger partial charge in [0.15, 0.2) is 5.78 Å². The Labute approximate surface area is 386 Å². The minimum Gasteiger partial charge on any atom is -0.0545 e. The molecule has 9 aromatic carbocycles. The van der Waals surface area contributed by atoms with Crippen molar-refractivity contribution in [1.82, 2.24) is 0 Å². The molecule has 0 radical (unpaired) electrons. The second kappa shape index (κ2) is 18.8. The number of hydrogen-bond acceptors (Lipinski definition) is 4. The summed E-state index contributed by atoms with van der Waals surface area (Å²) in [5.74, 6) is 2.57. The first-order valence-electron chi connectivity index (χ1n) is 21.6. The van der Waals surface area contributed by atoms with Crippen LogP contribution in [0.25, 0.3) is 0 Å². The third-order valence-electron chi connectivity index (χ3n) is 12.2. The first kappa shape index (κ1) is 42.9. The summed E-state index contributed by atoms with van der Waals surface area (Å²) in [4.78, 5) is 26.7. The third-order valence-corrected chi connectivity index (χ3v) is 17.2. The standard InChI is InChI=1S/C59H46ClO4P/c1-59(2,46-26-36-51(37-27-46)63-49-32-20-43(21-33-49)57(61)42-18-30-48(60)31-19-42)47-28-38-52(39-29-47)64-50-34-22-44(23-35-50)58(62)45-24-40-56(41-25-45)65(53-12-6-3-7-13-53,54-14-8-4-9-15-54)55-16-10-5-11-17-55/h3-41,65H,1-2H3. The van der Waals surface area contributed by atoms with Crippen molar-refractivity contribution in [2.24, 2.45) is 0 Å². The van der Waals surface area contributed by atoms with Crippen molar-refractivity contribution in [2.45, 2.75) is 19.3 Å². The van der Waals surface area contributed by atoms with Gasteiger partial charge in [0, 0.05) is 21.6 Å². The van der Waals surface area contributed by atoms with Crippen LogP contribution >= 0.6 is 18.9 Å². The molecule has 6 heteroatoms. The van der Waals surface area contributed by atoms with Crippen LogP contribution in [0, 0.1) is 0 Å². The van der Waals surface area contributed by atoms with E-state index >= 15 is 0 Å². The van der Waals surface area contributed by atoms with Crippen LogP contribution in [0.5, 0.6) is 23.0 Å². The SMILES string of the molecule is CC(C)(c1ccc(Oc2ccc(C(=O)c3ccc(Cl)cc3)cc2)cc1)c1ccc(Oc2ccc(C(=O)c3ccc([PH](c4ccccc4)(c4ccccc4)c4ccccc4)cc3)cc2)cc1. The summed E-state index contributed by atoms with van der Waals surface area (Å²) >= 11 is 5.98. The summed E-state index contributed by atoms with van der Waals surface area (Å²) in [6.45, 7) is 4.37. The van der Waals surface area contributed by atoms with Crippen LogP contribution in [0.1, 0.15) is 56.8 Å². The molecular weight excluding hydrogens is 839 g/mol. The number of rotatable bonds is 14. The molecule has 9 rings (SSSR count). The number of carbonyl (C=O) groups is 2. The second-order valence-electron chi connectivity index (χ2n) is 16.5. The van der Waals surface area contributed by atoms with E-state index in [9.17, 15) is 9.59 Å². The van der Waals surface area contributed by atoms with Gasteiger partial charge in [0.05, 0.1) is 0 Å². The van der Waals surface area contributed by atoms with Gasteiger partial charge >= 0.3 is 218 Å². The van der Waals surface area contributed by atoms with Crippen molar-refractivity contribution in [2.75, 3.05) is 0 Å². The molecule has 0 atom stereocenters. The monoisotopic (exact) mass is 884 g/mol. The van der Waals surface area contributed by atoms with E-state index in [2.05, 4.69) is 141 Å². The molecule has 0 amide bonds. The normalized spacial score (nSPS) is 11.7. The molecule has 0 aliphatic heterocycles. The summed E-state index contributed by atoms with van der Waals surface area (Å²) in [5.41, 5.74) is 4.34. The molecule has 0 bridgehead atoms. The first-order chi connectivity index (χ1) is 31.7. The number of ketones is 2. The average Bonchev–Trinajstić information content (AvgIpc) is 3.36. The van der Waals surface area contributed by atoms with Crippen molar-refractivity contribution in [3.05, 3.63) is 275 Å². The molecule has 0 heterocycles. The Bertz CT molecular complexity index is 2930. The van der Waals surface area contributed by atoms with Crippen LogP contribution in [-0.4, -0.2) is 11.6 Å². The summed E-state index contributed by atoms with van der Waals surface area (Å²) < 4.78 is 12.4. The number of carbonyl (C=O) groups excluding carboxylic acids is 2. The van der Waals surface area contributed by atoms with Gasteiger partial charge < -0.3 is 4.74 Å². The Hall–Kier alpha value is -7.36. The Morgan fingerprint density at radius 2 is 0.615 bits per heavy atom. The molecule has 65 heavy (non-hydrogen) atoms. The van der Waals surface area contributed by atoms with Gasteiger partial charge in [-0.1, -0.05) is 49.7 Å². The van der Waals surface area contributed by atoms with E-state index < -0.39 is 7.26 Å². The molecule has 0 unspecified atom stereocenters. The molecule has 9 aromatic rings. The molecular formula is C59H46ClO4P. The van der Waals surface area contributed by atoms with E-state index in [1.807, 2.05) is 60.7 Å². The molecule has 0 N–H and O–H groups in total. The van der Waals surface area contributed by atoms with E-state index in [0.717, 1.165) is 11.1 Å². The summed E-state index contributed by atoms with van der Waals surface area (Å²) in [6.07, 6.45) is 0. The summed E-state index contributed by atoms with van der Waals surface area (Å²) in [5, 5.41) is 5.66. The molecule has 0 saturated carbocycles. The van der Waals surface area contributed by atoms with Crippen LogP contribution < -0.4 is 30.7 Å². The maximum absolute atomic E-state index is 13.9. The van der Waals surface area contributed by atoms with Gasteiger partial charge in [-0.25, -0.2) is 0 Å². The maximum atomic E-state index is 13.9. The Morgan fingerprint density at radius 3 is 0.938 bits per heavy atom. The van der Waals surface area contributed by atoms with Gasteiger partial charge in [-0.05, 0) is 71.8 Å². The van der Waals surface area contributed by atoms with Crippen LogP contribution in [-0.2, 0) is 5.41 Å². The van der Waals surface area contributed by atoms with Gasteiger partial charge in [-0.15, -0.1) is 0 Å². The number of ether oxygens (including phenoxy) is 2. The molecule has 0 saturated heterocycles. The van der Waals surface area contributed by atoms with Crippen LogP contribution in [0.15, 0.2) is 237 Å². The van der Waals surface area contributed by atoms with Gasteiger partial charge in [0.25, 0.3) is 0 Å². The zero-order valence-corrected chi connectivity index (χ0v) is 37.8. The van der Waals surface area contributed by atoms with Gasteiger partial charge in [0.2, 0.25) is 0 Å². The van der Waals surface area contributed by atoms with E-state index in [4.69, 9.17) is 21.1 Å². The van der Waals surface area contributed by atoms with Gasteiger partial charge in [-0.2, -0.15) is 0 Å². The predicted octanol–water partition coefficient (Wildman–Crippen LogP) is 13.1. The number of halogens is 1. The Kier molecular flexibility index (Phi) is 12.4. The Balaban J connectivity index is 0.848. The molecule has 0 aliphatic carbocycles. The van der Waals surface area contributed by atoms with Gasteiger partial charge in [-0.3, -0.25) is 4.79 Å². The minimum absolute atomic E-state index is 0.0433. The van der Waals surface area contributed by atoms with Gasteiger partial charge in [0.1, 0.15) is 11.5 Å². The fourth-order valence-electron chi connectivity index (χ4n) is 8.54. The predicted molar refractivity (Wildman–Crippen MR) is 269 cm³/mol. The second-order valence-corrected chi connectivity index (χ2v) is 20.8. The smallest absolute Gasteiger partial charge is 0.0545 e. The molecule has 0 fully saturated rings. The minimum atomic E-state index is -2.68. The van der Waals surface area contributed by atoms with Crippen LogP contribution in [0.2, 0.25) is 5.02 Å². The van der Waals surface area contributed by atoms with Crippen molar-refractivity contribution < 1.29 is 19.1 Å². The average molecular weight is 885 g/mol. The van der Waals surface area contributed by atoms with E-state index in [1.165, 1.54) is 21.2 Å². The fraction of sp³-hybridized carbons (Fsp3) is 0.0508. The third kappa shape index (κ3) is 9.06. The topological polar surface area (TPSA) is 52.6 Å². The van der Waals surface area contributed by atoms with Crippen LogP contribution in [0.3, 0.4) is 0 Å². The quantitative estimate of drug-likeness (QED) is 0.0806. The summed E-state index contributed by atoms with van der Waals surface area (Å²) in [6, 6.07) is 78.1. The molecule has 0 aromatic heterocycles. The van der Waals surface area contributed by atoms with Crippen LogP contribution in [0.4, 0.5) is 0 Å². The van der Waals surface area contributed by atoms with E-state index in [-0.39, 0.29) is 17.0 Å². The summed E-state index contributed by atoms with van der Waals surface area (Å²) in [7, 11) is -2.68. The van der Waals surface area contributed by atoms with Crippen molar-refractivity contribution in [1.29, 1.82) is 0 Å². The van der Waals surface area contributed by atoms with Crippen molar-refractivity contribution in [3.8, 4) is 23.0 Å². The number of hydrogen-bond donors (Lipinski definition) is 0. The first-order valence-corrected chi connectivity index (χ1v) is 24.0. The molecule has 4 nitrogen and oxygen atoms in total. The van der Waals surface area contributed by atoms with Crippen molar-refractivity contribution in [3.63, 3.8) is 0 Å². The molecule has 318 valence electrons. The molecule has 0 aliphatic rings.